The van der Waals surface area contributed by atoms with Gasteiger partial charge in [-0.3, -0.25) is 4.79 Å². The molecule has 3 rings (SSSR count). The predicted molar refractivity (Wildman–Crippen MR) is 88.6 cm³/mol. The quantitative estimate of drug-likeness (QED) is 0.913. The molecule has 2 atom stereocenters. The minimum Gasteiger partial charge on any atom is -0.481 e. The van der Waals surface area contributed by atoms with E-state index in [9.17, 15) is 14.3 Å². The SMILES string of the molecule is Cc1ncc(N(C)C[C@]2(c3cccc(F)c3)CC2C(=O)O)c(C)n1. The van der Waals surface area contributed by atoms with Gasteiger partial charge in [-0.25, -0.2) is 14.4 Å². The molecule has 0 radical (unpaired) electrons. The minimum absolute atomic E-state index is 0.347. The van der Waals surface area contributed by atoms with Gasteiger partial charge < -0.3 is 10.0 Å². The summed E-state index contributed by atoms with van der Waals surface area (Å²) in [5, 5.41) is 9.46. The molecule has 1 heterocycles. The van der Waals surface area contributed by atoms with E-state index in [1.54, 1.807) is 18.3 Å². The molecule has 0 aliphatic heterocycles. The van der Waals surface area contributed by atoms with Gasteiger partial charge in [-0.15, -0.1) is 0 Å². The highest BCUT2D eigenvalue weighted by Gasteiger charge is 2.60. The van der Waals surface area contributed by atoms with Crippen molar-refractivity contribution in [3.63, 3.8) is 0 Å². The molecule has 0 spiro atoms. The van der Waals surface area contributed by atoms with Crippen molar-refractivity contribution in [2.24, 2.45) is 5.92 Å². The maximum Gasteiger partial charge on any atom is 0.307 e. The Balaban J connectivity index is 1.92. The number of anilines is 1. The van der Waals surface area contributed by atoms with Crippen molar-refractivity contribution in [1.29, 1.82) is 0 Å². The van der Waals surface area contributed by atoms with Gasteiger partial charge in [0.05, 0.1) is 23.5 Å². The largest absolute Gasteiger partial charge is 0.481 e. The minimum atomic E-state index is -0.843. The Kier molecular flexibility index (Phi) is 3.99. The molecule has 0 saturated heterocycles. The lowest BCUT2D eigenvalue weighted by molar-refractivity contribution is -0.139. The number of nitrogens with zero attached hydrogens (tertiary/aromatic N) is 3. The molecule has 1 aliphatic carbocycles. The van der Waals surface area contributed by atoms with Gasteiger partial charge in [0.1, 0.15) is 11.6 Å². The maximum atomic E-state index is 13.6. The zero-order valence-corrected chi connectivity index (χ0v) is 14.0. The average Bonchev–Trinajstić information content (AvgIpc) is 3.23. The first-order valence-electron chi connectivity index (χ1n) is 7.84. The van der Waals surface area contributed by atoms with Crippen LogP contribution < -0.4 is 4.90 Å². The molecule has 1 aromatic carbocycles. The summed E-state index contributed by atoms with van der Waals surface area (Å²) in [6.45, 7) is 4.20. The monoisotopic (exact) mass is 329 g/mol. The number of hydrogen-bond acceptors (Lipinski definition) is 4. The second kappa shape index (κ2) is 5.85. The summed E-state index contributed by atoms with van der Waals surface area (Å²) in [6.07, 6.45) is 2.25. The first-order chi connectivity index (χ1) is 11.3. The third-order valence-electron chi connectivity index (χ3n) is 4.78. The number of aliphatic carboxylic acids is 1. The Morgan fingerprint density at radius 2 is 2.21 bits per heavy atom. The Labute approximate surface area is 140 Å². The highest BCUT2D eigenvalue weighted by atomic mass is 19.1. The molecule has 1 N–H and O–H groups in total. The van der Waals surface area contributed by atoms with Crippen molar-refractivity contribution in [1.82, 2.24) is 9.97 Å². The highest BCUT2D eigenvalue weighted by molar-refractivity contribution is 5.77. The van der Waals surface area contributed by atoms with Crippen molar-refractivity contribution in [2.75, 3.05) is 18.5 Å². The third-order valence-corrected chi connectivity index (χ3v) is 4.78. The van der Waals surface area contributed by atoms with Gasteiger partial charge in [-0.2, -0.15) is 0 Å². The van der Waals surface area contributed by atoms with Crippen LogP contribution in [0.3, 0.4) is 0 Å². The Hall–Kier alpha value is -2.50. The molecule has 5 nitrogen and oxygen atoms in total. The summed E-state index contributed by atoms with van der Waals surface area (Å²) in [4.78, 5) is 22.1. The van der Waals surface area contributed by atoms with E-state index in [-0.39, 0.29) is 5.82 Å². The summed E-state index contributed by atoms with van der Waals surface area (Å²) in [6, 6.07) is 6.24. The zero-order valence-electron chi connectivity index (χ0n) is 14.0. The van der Waals surface area contributed by atoms with Gasteiger partial charge in [-0.05, 0) is 38.0 Å². The van der Waals surface area contributed by atoms with Crippen molar-refractivity contribution < 1.29 is 14.3 Å². The molecule has 1 aromatic heterocycles. The van der Waals surface area contributed by atoms with Crippen LogP contribution in [0.15, 0.2) is 30.5 Å². The van der Waals surface area contributed by atoms with Crippen LogP contribution in [0.25, 0.3) is 0 Å². The average molecular weight is 329 g/mol. The molecule has 126 valence electrons. The summed E-state index contributed by atoms with van der Waals surface area (Å²) in [5.41, 5.74) is 1.84. The van der Waals surface area contributed by atoms with E-state index in [0.29, 0.717) is 18.8 Å². The molecule has 0 amide bonds. The van der Waals surface area contributed by atoms with Crippen LogP contribution in [0.2, 0.25) is 0 Å². The smallest absolute Gasteiger partial charge is 0.307 e. The summed E-state index contributed by atoms with van der Waals surface area (Å²) in [7, 11) is 1.89. The van der Waals surface area contributed by atoms with Crippen LogP contribution in [0.4, 0.5) is 10.1 Å². The molecule has 6 heteroatoms. The fraction of sp³-hybridized carbons (Fsp3) is 0.389. The van der Waals surface area contributed by atoms with Crippen LogP contribution in [0.1, 0.15) is 23.5 Å². The molecular formula is C18H20FN3O2. The van der Waals surface area contributed by atoms with Crippen LogP contribution in [0.5, 0.6) is 0 Å². The zero-order chi connectivity index (χ0) is 17.5. The van der Waals surface area contributed by atoms with E-state index in [4.69, 9.17) is 0 Å². The van der Waals surface area contributed by atoms with Crippen LogP contribution >= 0.6 is 0 Å². The number of aromatic nitrogens is 2. The predicted octanol–water partition coefficient (Wildman–Crippen LogP) is 2.71. The van der Waals surface area contributed by atoms with E-state index in [0.717, 1.165) is 16.9 Å². The number of carboxylic acids is 1. The fourth-order valence-corrected chi connectivity index (χ4v) is 3.47. The second-order valence-corrected chi connectivity index (χ2v) is 6.51. The summed E-state index contributed by atoms with van der Waals surface area (Å²) in [5.74, 6) is -1.00. The van der Waals surface area contributed by atoms with Crippen molar-refractivity contribution in [3.05, 3.63) is 53.4 Å². The fourth-order valence-electron chi connectivity index (χ4n) is 3.47. The molecule has 1 aliphatic rings. The molecule has 1 saturated carbocycles. The Bertz CT molecular complexity index is 796. The van der Waals surface area contributed by atoms with Gasteiger partial charge in [-0.1, -0.05) is 12.1 Å². The van der Waals surface area contributed by atoms with Gasteiger partial charge >= 0.3 is 5.97 Å². The van der Waals surface area contributed by atoms with E-state index >= 15 is 0 Å². The van der Waals surface area contributed by atoms with E-state index in [2.05, 4.69) is 9.97 Å². The molecule has 24 heavy (non-hydrogen) atoms. The first kappa shape index (κ1) is 16.4. The lowest BCUT2D eigenvalue weighted by atomic mass is 9.92. The number of rotatable bonds is 5. The lowest BCUT2D eigenvalue weighted by Crippen LogP contribution is -2.32. The lowest BCUT2D eigenvalue weighted by Gasteiger charge is -2.27. The first-order valence-corrected chi connectivity index (χ1v) is 7.84. The Morgan fingerprint density at radius 1 is 1.46 bits per heavy atom. The van der Waals surface area contributed by atoms with E-state index in [1.807, 2.05) is 25.8 Å². The second-order valence-electron chi connectivity index (χ2n) is 6.51. The summed E-state index contributed by atoms with van der Waals surface area (Å²) >= 11 is 0. The molecule has 2 aromatic rings. The molecule has 0 bridgehead atoms. The normalized spacial score (nSPS) is 22.2. The number of halogens is 1. The molecule has 1 unspecified atom stereocenters. The number of aryl methyl sites for hydroxylation is 2. The topological polar surface area (TPSA) is 66.3 Å². The van der Waals surface area contributed by atoms with Crippen LogP contribution in [0, 0.1) is 25.6 Å². The number of carboxylic acid groups (broad SMARTS) is 1. The third kappa shape index (κ3) is 2.84. The number of benzene rings is 1. The van der Waals surface area contributed by atoms with Gasteiger partial charge in [0, 0.05) is 19.0 Å². The van der Waals surface area contributed by atoms with E-state index < -0.39 is 17.3 Å². The standard InChI is InChI=1S/C18H20FN3O2/c1-11-16(9-20-12(2)21-11)22(3)10-18(8-15(18)17(23)24)13-5-4-6-14(19)7-13/h4-7,9,15H,8,10H2,1-3H3,(H,23,24)/t15?,18-/m0/s1. The highest BCUT2D eigenvalue weighted by Crippen LogP contribution is 2.55. The Morgan fingerprint density at radius 3 is 2.79 bits per heavy atom. The summed E-state index contributed by atoms with van der Waals surface area (Å²) < 4.78 is 13.6. The van der Waals surface area contributed by atoms with E-state index in [1.165, 1.54) is 12.1 Å². The van der Waals surface area contributed by atoms with Gasteiger partial charge in [0.2, 0.25) is 0 Å². The van der Waals surface area contributed by atoms with Gasteiger partial charge in [0.25, 0.3) is 0 Å². The molecular weight excluding hydrogens is 309 g/mol. The van der Waals surface area contributed by atoms with Crippen molar-refractivity contribution in [3.8, 4) is 0 Å². The maximum absolute atomic E-state index is 13.6. The number of likely N-dealkylation sites (N-methyl/N-ethyl adjacent to an activating group) is 1. The van der Waals surface area contributed by atoms with Gasteiger partial charge in [0.15, 0.2) is 0 Å². The van der Waals surface area contributed by atoms with Crippen LogP contribution in [-0.4, -0.2) is 34.6 Å². The number of carbonyl (C=O) groups is 1. The molecule has 1 fully saturated rings. The van der Waals surface area contributed by atoms with Crippen molar-refractivity contribution >= 4 is 11.7 Å². The number of hydrogen-bond donors (Lipinski definition) is 1. The van der Waals surface area contributed by atoms with Crippen LogP contribution in [-0.2, 0) is 10.2 Å². The van der Waals surface area contributed by atoms with Crippen molar-refractivity contribution in [2.45, 2.75) is 25.7 Å².